The van der Waals surface area contributed by atoms with Crippen LogP contribution in [0.3, 0.4) is 0 Å². The van der Waals surface area contributed by atoms with E-state index >= 15 is 0 Å². The SMILES string of the molecule is COc1ccccc1C1CNC(=O)OC12CCN(C(=O)C(O)(c1cccc(Cl)c1)C(F)(F)F)CC2. The van der Waals surface area contributed by atoms with Gasteiger partial charge in [0.2, 0.25) is 0 Å². The van der Waals surface area contributed by atoms with Crippen molar-refractivity contribution in [1.29, 1.82) is 0 Å². The van der Waals surface area contributed by atoms with Crippen LogP contribution in [0.25, 0.3) is 0 Å². The summed E-state index contributed by atoms with van der Waals surface area (Å²) in [4.78, 5) is 26.2. The Kier molecular flexibility index (Phi) is 6.63. The fourth-order valence-electron chi connectivity index (χ4n) is 4.90. The Bertz CT molecular complexity index is 1120. The smallest absolute Gasteiger partial charge is 0.430 e. The maximum absolute atomic E-state index is 14.1. The Morgan fingerprint density at radius 2 is 1.89 bits per heavy atom. The summed E-state index contributed by atoms with van der Waals surface area (Å²) in [5.74, 6) is -1.28. The van der Waals surface area contributed by atoms with Crippen molar-refractivity contribution in [2.45, 2.75) is 36.1 Å². The van der Waals surface area contributed by atoms with Crippen LogP contribution in [-0.2, 0) is 15.1 Å². The number of halogens is 4. The summed E-state index contributed by atoms with van der Waals surface area (Å²) in [6.45, 7) is -0.0738. The molecule has 2 heterocycles. The van der Waals surface area contributed by atoms with E-state index in [-0.39, 0.29) is 43.4 Å². The first-order valence-corrected chi connectivity index (χ1v) is 11.3. The lowest BCUT2D eigenvalue weighted by Gasteiger charge is -2.49. The highest BCUT2D eigenvalue weighted by Crippen LogP contribution is 2.46. The number of methoxy groups -OCH3 is 1. The van der Waals surface area contributed by atoms with E-state index in [1.54, 1.807) is 12.1 Å². The Balaban J connectivity index is 1.62. The third kappa shape index (κ3) is 4.40. The molecule has 188 valence electrons. The number of ether oxygens (including phenoxy) is 2. The van der Waals surface area contributed by atoms with Gasteiger partial charge in [0.15, 0.2) is 0 Å². The molecule has 2 atom stereocenters. The summed E-state index contributed by atoms with van der Waals surface area (Å²) in [6.07, 6.45) is -5.76. The topological polar surface area (TPSA) is 88.1 Å². The van der Waals surface area contributed by atoms with Crippen molar-refractivity contribution in [3.8, 4) is 5.75 Å². The van der Waals surface area contributed by atoms with E-state index in [2.05, 4.69) is 5.32 Å². The van der Waals surface area contributed by atoms with Crippen LogP contribution in [0, 0.1) is 0 Å². The quantitative estimate of drug-likeness (QED) is 0.647. The summed E-state index contributed by atoms with van der Waals surface area (Å²) < 4.78 is 53.4. The number of alkyl halides is 3. The largest absolute Gasteiger partial charge is 0.496 e. The number of rotatable bonds is 4. The van der Waals surface area contributed by atoms with Gasteiger partial charge in [-0.1, -0.05) is 41.9 Å². The summed E-state index contributed by atoms with van der Waals surface area (Å²) in [5.41, 5.74) is -4.71. The first kappa shape index (κ1) is 25.1. The molecular weight excluding hydrogens is 489 g/mol. The van der Waals surface area contributed by atoms with Crippen LogP contribution in [0.15, 0.2) is 48.5 Å². The van der Waals surface area contributed by atoms with Crippen molar-refractivity contribution in [3.63, 3.8) is 0 Å². The number of nitrogens with zero attached hydrogens (tertiary/aromatic N) is 1. The van der Waals surface area contributed by atoms with Crippen LogP contribution in [0.2, 0.25) is 5.02 Å². The molecule has 0 radical (unpaired) electrons. The number of carbonyl (C=O) groups excluding carboxylic acids is 2. The second-order valence-electron chi connectivity index (χ2n) is 8.64. The molecule has 2 aliphatic rings. The molecule has 7 nitrogen and oxygen atoms in total. The average molecular weight is 513 g/mol. The number of amides is 2. The number of carbonyl (C=O) groups is 2. The van der Waals surface area contributed by atoms with Gasteiger partial charge in [0.1, 0.15) is 11.4 Å². The monoisotopic (exact) mass is 512 g/mol. The van der Waals surface area contributed by atoms with Crippen molar-refractivity contribution in [1.82, 2.24) is 10.2 Å². The zero-order valence-electron chi connectivity index (χ0n) is 18.8. The fourth-order valence-corrected chi connectivity index (χ4v) is 5.09. The van der Waals surface area contributed by atoms with Gasteiger partial charge < -0.3 is 24.8 Å². The lowest BCUT2D eigenvalue weighted by molar-refractivity contribution is -0.262. The van der Waals surface area contributed by atoms with Gasteiger partial charge in [-0.05, 0) is 18.2 Å². The average Bonchev–Trinajstić information content (AvgIpc) is 2.83. The van der Waals surface area contributed by atoms with Crippen molar-refractivity contribution in [2.24, 2.45) is 0 Å². The molecule has 35 heavy (non-hydrogen) atoms. The third-order valence-electron chi connectivity index (χ3n) is 6.76. The maximum Gasteiger partial charge on any atom is 0.430 e. The number of nitrogens with one attached hydrogen (secondary N) is 1. The van der Waals surface area contributed by atoms with Gasteiger partial charge in [0.05, 0.1) is 7.11 Å². The minimum Gasteiger partial charge on any atom is -0.496 e. The molecule has 2 aromatic carbocycles. The van der Waals surface area contributed by atoms with Crippen molar-refractivity contribution < 1.29 is 37.3 Å². The molecule has 2 fully saturated rings. The number of para-hydroxylation sites is 1. The molecule has 0 bridgehead atoms. The van der Waals surface area contributed by atoms with Gasteiger partial charge in [-0.2, -0.15) is 13.2 Å². The Labute approximate surface area is 204 Å². The third-order valence-corrected chi connectivity index (χ3v) is 6.99. The van der Waals surface area contributed by atoms with Crippen LogP contribution >= 0.6 is 11.6 Å². The summed E-state index contributed by atoms with van der Waals surface area (Å²) in [7, 11) is 1.52. The zero-order valence-corrected chi connectivity index (χ0v) is 19.5. The van der Waals surface area contributed by atoms with E-state index in [0.29, 0.717) is 5.75 Å². The van der Waals surface area contributed by atoms with E-state index in [9.17, 15) is 27.9 Å². The lowest BCUT2D eigenvalue weighted by atomic mass is 9.74. The number of aliphatic hydroxyl groups is 1. The Morgan fingerprint density at radius 1 is 1.20 bits per heavy atom. The Hall–Kier alpha value is -2.98. The molecule has 2 amide bonds. The van der Waals surface area contributed by atoms with Crippen molar-refractivity contribution >= 4 is 23.6 Å². The van der Waals surface area contributed by atoms with E-state index in [4.69, 9.17) is 21.1 Å². The molecule has 0 aliphatic carbocycles. The molecule has 11 heteroatoms. The number of benzene rings is 2. The lowest BCUT2D eigenvalue weighted by Crippen LogP contribution is -2.62. The first-order chi connectivity index (χ1) is 16.5. The molecular formula is C24H24ClF3N2O5. The van der Waals surface area contributed by atoms with E-state index in [1.807, 2.05) is 12.1 Å². The predicted molar refractivity (Wildman–Crippen MR) is 120 cm³/mol. The van der Waals surface area contributed by atoms with Gasteiger partial charge in [0, 0.05) is 54.5 Å². The van der Waals surface area contributed by atoms with Crippen molar-refractivity contribution in [2.75, 3.05) is 26.7 Å². The number of likely N-dealkylation sites (tertiary alicyclic amines) is 1. The van der Waals surface area contributed by atoms with Crippen LogP contribution in [-0.4, -0.2) is 60.5 Å². The highest BCUT2D eigenvalue weighted by Gasteiger charge is 2.63. The molecule has 2 aliphatic heterocycles. The molecule has 4 rings (SSSR count). The molecule has 2 N–H and O–H groups in total. The molecule has 2 aromatic rings. The van der Waals surface area contributed by atoms with Gasteiger partial charge in [-0.15, -0.1) is 0 Å². The number of alkyl carbamates (subject to hydrolysis) is 1. The number of hydrogen-bond donors (Lipinski definition) is 2. The van der Waals surface area contributed by atoms with Gasteiger partial charge in [-0.25, -0.2) is 4.79 Å². The number of hydrogen-bond acceptors (Lipinski definition) is 5. The molecule has 2 unspecified atom stereocenters. The van der Waals surface area contributed by atoms with E-state index < -0.39 is 34.9 Å². The standard InChI is InChI=1S/C24H24ClF3N2O5/c1-34-19-8-3-2-7-17(19)18-14-29-21(32)35-22(18)9-11-30(12-10-22)20(31)23(33,24(26,27)28)15-5-4-6-16(25)13-15/h2-8,13,18,33H,9-12,14H2,1H3,(H,29,32). The molecule has 0 saturated carbocycles. The minimum atomic E-state index is -5.29. The van der Waals surface area contributed by atoms with Crippen molar-refractivity contribution in [3.05, 3.63) is 64.7 Å². The van der Waals surface area contributed by atoms with Gasteiger partial charge in [0.25, 0.3) is 11.5 Å². The summed E-state index contributed by atoms with van der Waals surface area (Å²) >= 11 is 5.83. The summed E-state index contributed by atoms with van der Waals surface area (Å²) in [6, 6.07) is 11.7. The maximum atomic E-state index is 14.1. The fraction of sp³-hybridized carbons (Fsp3) is 0.417. The van der Waals surface area contributed by atoms with Crippen LogP contribution < -0.4 is 10.1 Å². The Morgan fingerprint density at radius 3 is 2.51 bits per heavy atom. The first-order valence-electron chi connectivity index (χ1n) is 11.0. The second-order valence-corrected chi connectivity index (χ2v) is 9.08. The number of piperidine rings is 1. The highest BCUT2D eigenvalue weighted by atomic mass is 35.5. The minimum absolute atomic E-state index is 0.0446. The normalized spacial score (nSPS) is 21.6. The van der Waals surface area contributed by atoms with Gasteiger partial charge >= 0.3 is 12.3 Å². The van der Waals surface area contributed by atoms with Crippen LogP contribution in [0.4, 0.5) is 18.0 Å². The van der Waals surface area contributed by atoms with Crippen LogP contribution in [0.1, 0.15) is 29.9 Å². The predicted octanol–water partition coefficient (Wildman–Crippen LogP) is 3.98. The second kappa shape index (κ2) is 9.23. The molecule has 2 saturated heterocycles. The van der Waals surface area contributed by atoms with E-state index in [0.717, 1.165) is 22.6 Å². The molecule has 0 aromatic heterocycles. The summed E-state index contributed by atoms with van der Waals surface area (Å²) in [5, 5.41) is 13.3. The molecule has 1 spiro atoms. The van der Waals surface area contributed by atoms with Gasteiger partial charge in [-0.3, -0.25) is 4.79 Å². The van der Waals surface area contributed by atoms with Crippen LogP contribution in [0.5, 0.6) is 5.75 Å². The van der Waals surface area contributed by atoms with E-state index in [1.165, 1.54) is 19.2 Å². The zero-order chi connectivity index (χ0) is 25.4. The highest BCUT2D eigenvalue weighted by molar-refractivity contribution is 6.30.